The van der Waals surface area contributed by atoms with Gasteiger partial charge < -0.3 is 5.32 Å². The molecule has 1 heterocycles. The summed E-state index contributed by atoms with van der Waals surface area (Å²) in [5, 5.41) is 3.45. The van der Waals surface area contributed by atoms with Crippen LogP contribution in [0.3, 0.4) is 0 Å². The Kier molecular flexibility index (Phi) is 2.01. The van der Waals surface area contributed by atoms with Gasteiger partial charge in [-0.1, -0.05) is 12.1 Å². The zero-order valence-corrected chi connectivity index (χ0v) is 8.29. The Morgan fingerprint density at radius 3 is 2.75 bits per heavy atom. The molecule has 1 aromatic carbocycles. The van der Waals surface area contributed by atoms with Gasteiger partial charge in [-0.25, -0.2) is 0 Å². The molecule has 1 N–H and O–H groups in total. The summed E-state index contributed by atoms with van der Waals surface area (Å²) in [6.45, 7) is 5.44. The molecule has 0 unspecified atom stereocenters. The van der Waals surface area contributed by atoms with Gasteiger partial charge in [-0.2, -0.15) is 0 Å². The predicted octanol–water partition coefficient (Wildman–Crippen LogP) is 2.82. The van der Waals surface area contributed by atoms with Gasteiger partial charge in [0, 0.05) is 17.2 Å². The SMILES string of the molecule is Cc1ccc(C)c2c1NCCS2. The maximum absolute atomic E-state index is 3.45. The van der Waals surface area contributed by atoms with Crippen molar-refractivity contribution in [2.24, 2.45) is 0 Å². The van der Waals surface area contributed by atoms with E-state index in [9.17, 15) is 0 Å². The maximum Gasteiger partial charge on any atom is 0.0511 e. The summed E-state index contributed by atoms with van der Waals surface area (Å²) in [5.74, 6) is 1.19. The van der Waals surface area contributed by atoms with E-state index in [2.05, 4.69) is 31.3 Å². The lowest BCUT2D eigenvalue weighted by Gasteiger charge is -2.21. The van der Waals surface area contributed by atoms with Crippen molar-refractivity contribution in [2.45, 2.75) is 18.7 Å². The summed E-state index contributed by atoms with van der Waals surface area (Å²) in [5.41, 5.74) is 4.11. The smallest absolute Gasteiger partial charge is 0.0511 e. The van der Waals surface area contributed by atoms with Crippen LogP contribution < -0.4 is 5.32 Å². The van der Waals surface area contributed by atoms with Crippen molar-refractivity contribution in [3.8, 4) is 0 Å². The summed E-state index contributed by atoms with van der Waals surface area (Å²) in [4.78, 5) is 1.45. The predicted molar refractivity (Wildman–Crippen MR) is 55.1 cm³/mol. The molecule has 1 aliphatic rings. The standard InChI is InChI=1S/C10H13NS/c1-7-3-4-8(2)10-9(7)11-5-6-12-10/h3-4,11H,5-6H2,1-2H3. The fourth-order valence-corrected chi connectivity index (χ4v) is 2.60. The second-order valence-electron chi connectivity index (χ2n) is 3.18. The van der Waals surface area contributed by atoms with E-state index in [0.717, 1.165) is 6.54 Å². The Morgan fingerprint density at radius 1 is 1.25 bits per heavy atom. The molecule has 1 aromatic rings. The topological polar surface area (TPSA) is 12.0 Å². The van der Waals surface area contributed by atoms with E-state index in [-0.39, 0.29) is 0 Å². The minimum atomic E-state index is 1.10. The van der Waals surface area contributed by atoms with Gasteiger partial charge >= 0.3 is 0 Å². The molecular formula is C10H13NS. The number of nitrogens with one attached hydrogen (secondary N) is 1. The first-order valence-electron chi connectivity index (χ1n) is 4.26. The van der Waals surface area contributed by atoms with Crippen LogP contribution in [-0.2, 0) is 0 Å². The van der Waals surface area contributed by atoms with E-state index in [0.29, 0.717) is 0 Å². The highest BCUT2D eigenvalue weighted by molar-refractivity contribution is 7.99. The number of aryl methyl sites for hydroxylation is 2. The molecule has 0 aromatic heterocycles. The van der Waals surface area contributed by atoms with E-state index in [1.54, 1.807) is 0 Å². The normalized spacial score (nSPS) is 15.2. The van der Waals surface area contributed by atoms with Gasteiger partial charge in [0.05, 0.1) is 5.69 Å². The lowest BCUT2D eigenvalue weighted by atomic mass is 10.1. The van der Waals surface area contributed by atoms with Crippen LogP contribution in [-0.4, -0.2) is 12.3 Å². The van der Waals surface area contributed by atoms with Crippen LogP contribution in [0.25, 0.3) is 0 Å². The fraction of sp³-hybridized carbons (Fsp3) is 0.400. The van der Waals surface area contributed by atoms with Crippen LogP contribution in [0.15, 0.2) is 17.0 Å². The second kappa shape index (κ2) is 3.02. The van der Waals surface area contributed by atoms with E-state index < -0.39 is 0 Å². The van der Waals surface area contributed by atoms with Gasteiger partial charge in [-0.3, -0.25) is 0 Å². The number of anilines is 1. The van der Waals surface area contributed by atoms with Gasteiger partial charge in [-0.05, 0) is 25.0 Å². The van der Waals surface area contributed by atoms with Crippen LogP contribution in [0.2, 0.25) is 0 Å². The van der Waals surface area contributed by atoms with Crippen molar-refractivity contribution in [3.05, 3.63) is 23.3 Å². The highest BCUT2D eigenvalue weighted by Crippen LogP contribution is 2.35. The molecule has 2 rings (SSSR count). The van der Waals surface area contributed by atoms with Crippen molar-refractivity contribution in [1.29, 1.82) is 0 Å². The van der Waals surface area contributed by atoms with E-state index in [4.69, 9.17) is 0 Å². The second-order valence-corrected chi connectivity index (χ2v) is 4.28. The lowest BCUT2D eigenvalue weighted by Crippen LogP contribution is -2.12. The molecule has 0 fully saturated rings. The molecule has 0 atom stereocenters. The minimum absolute atomic E-state index is 1.10. The Morgan fingerprint density at radius 2 is 2.00 bits per heavy atom. The summed E-state index contributed by atoms with van der Waals surface area (Å²) in [6.07, 6.45) is 0. The average molecular weight is 179 g/mol. The zero-order chi connectivity index (χ0) is 8.55. The summed E-state index contributed by atoms with van der Waals surface area (Å²) in [7, 11) is 0. The third-order valence-electron chi connectivity index (χ3n) is 2.21. The Hall–Kier alpha value is -0.630. The number of thioether (sulfide) groups is 1. The van der Waals surface area contributed by atoms with E-state index >= 15 is 0 Å². The first-order valence-corrected chi connectivity index (χ1v) is 5.24. The number of rotatable bonds is 0. The van der Waals surface area contributed by atoms with Crippen molar-refractivity contribution in [3.63, 3.8) is 0 Å². The largest absolute Gasteiger partial charge is 0.383 e. The average Bonchev–Trinajstić information content (AvgIpc) is 2.12. The summed E-state index contributed by atoms with van der Waals surface area (Å²) in [6, 6.07) is 4.39. The van der Waals surface area contributed by atoms with Crippen LogP contribution in [0.1, 0.15) is 11.1 Å². The Bertz CT molecular complexity index is 276. The molecule has 0 saturated heterocycles. The van der Waals surface area contributed by atoms with Crippen molar-refractivity contribution in [2.75, 3.05) is 17.6 Å². The maximum atomic E-state index is 3.45. The monoisotopic (exact) mass is 179 g/mol. The number of fused-ring (bicyclic) bond motifs is 1. The molecule has 0 bridgehead atoms. The van der Waals surface area contributed by atoms with Crippen molar-refractivity contribution < 1.29 is 0 Å². The Labute approximate surface area is 77.6 Å². The van der Waals surface area contributed by atoms with Gasteiger partial charge in [0.15, 0.2) is 0 Å². The van der Waals surface area contributed by atoms with Gasteiger partial charge in [0.2, 0.25) is 0 Å². The summed E-state index contributed by atoms with van der Waals surface area (Å²) < 4.78 is 0. The Balaban J connectivity index is 2.57. The molecule has 1 nitrogen and oxygen atoms in total. The molecule has 0 saturated carbocycles. The van der Waals surface area contributed by atoms with Gasteiger partial charge in [-0.15, -0.1) is 11.8 Å². The third-order valence-corrected chi connectivity index (χ3v) is 3.44. The number of hydrogen-bond acceptors (Lipinski definition) is 2. The van der Waals surface area contributed by atoms with Crippen LogP contribution in [0, 0.1) is 13.8 Å². The molecule has 12 heavy (non-hydrogen) atoms. The first kappa shape index (κ1) is 7.99. The fourth-order valence-electron chi connectivity index (χ4n) is 1.52. The molecule has 0 spiro atoms. The van der Waals surface area contributed by atoms with Gasteiger partial charge in [0.25, 0.3) is 0 Å². The lowest BCUT2D eigenvalue weighted by molar-refractivity contribution is 1.13. The number of hydrogen-bond donors (Lipinski definition) is 1. The van der Waals surface area contributed by atoms with Crippen LogP contribution in [0.5, 0.6) is 0 Å². The molecule has 1 aliphatic heterocycles. The molecule has 64 valence electrons. The van der Waals surface area contributed by atoms with Crippen LogP contribution in [0.4, 0.5) is 5.69 Å². The highest BCUT2D eigenvalue weighted by Gasteiger charge is 2.12. The van der Waals surface area contributed by atoms with Crippen molar-refractivity contribution in [1.82, 2.24) is 0 Å². The van der Waals surface area contributed by atoms with Crippen molar-refractivity contribution >= 4 is 17.4 Å². The minimum Gasteiger partial charge on any atom is -0.383 e. The highest BCUT2D eigenvalue weighted by atomic mass is 32.2. The zero-order valence-electron chi connectivity index (χ0n) is 7.48. The molecule has 2 heteroatoms. The molecule has 0 aliphatic carbocycles. The first-order chi connectivity index (χ1) is 5.79. The molecular weight excluding hydrogens is 166 g/mol. The third kappa shape index (κ3) is 1.20. The quantitative estimate of drug-likeness (QED) is 0.657. The molecule has 0 radical (unpaired) electrons. The van der Waals surface area contributed by atoms with E-state index in [1.165, 1.54) is 27.5 Å². The van der Waals surface area contributed by atoms with Crippen LogP contribution >= 0.6 is 11.8 Å². The van der Waals surface area contributed by atoms with Gasteiger partial charge in [0.1, 0.15) is 0 Å². The summed E-state index contributed by atoms with van der Waals surface area (Å²) >= 11 is 1.97. The van der Waals surface area contributed by atoms with E-state index in [1.807, 2.05) is 11.8 Å². The molecule has 0 amide bonds. The number of benzene rings is 1.